The first-order valence-electron chi connectivity index (χ1n) is 8.23. The number of nitrogens with zero attached hydrogens (tertiary/aromatic N) is 5. The van der Waals surface area contributed by atoms with Crippen LogP contribution in [-0.4, -0.2) is 38.2 Å². The van der Waals surface area contributed by atoms with Gasteiger partial charge in [0.15, 0.2) is 11.6 Å². The quantitative estimate of drug-likeness (QED) is 0.551. The van der Waals surface area contributed by atoms with Crippen molar-refractivity contribution >= 4 is 0 Å². The van der Waals surface area contributed by atoms with Gasteiger partial charge in [-0.15, -0.1) is 5.10 Å². The van der Waals surface area contributed by atoms with Crippen molar-refractivity contribution in [3.8, 4) is 17.4 Å². The molecule has 0 aliphatic carbocycles. The van der Waals surface area contributed by atoms with Crippen molar-refractivity contribution in [3.63, 3.8) is 0 Å². The van der Waals surface area contributed by atoms with Gasteiger partial charge in [-0.1, -0.05) is 5.21 Å². The van der Waals surface area contributed by atoms with Crippen LogP contribution in [0.15, 0.2) is 36.7 Å². The maximum Gasteiger partial charge on any atom is 0.387 e. The lowest BCUT2D eigenvalue weighted by molar-refractivity contribution is -0.0521. The highest BCUT2D eigenvalue weighted by atomic mass is 19.3. The average molecular weight is 395 g/mol. The van der Waals surface area contributed by atoms with E-state index in [-0.39, 0.29) is 12.6 Å². The van der Waals surface area contributed by atoms with Crippen molar-refractivity contribution in [2.24, 2.45) is 0 Å². The maximum absolute atomic E-state index is 13.5. The van der Waals surface area contributed by atoms with Gasteiger partial charge in [0.05, 0.1) is 24.2 Å². The first kappa shape index (κ1) is 19.5. The first-order valence-corrected chi connectivity index (χ1v) is 8.23. The summed E-state index contributed by atoms with van der Waals surface area (Å²) in [4.78, 5) is 8.20. The molecule has 0 amide bonds. The monoisotopic (exact) mass is 395 g/mol. The lowest BCUT2D eigenvalue weighted by Crippen LogP contribution is -2.05. The summed E-state index contributed by atoms with van der Waals surface area (Å²) < 4.78 is 54.4. The van der Waals surface area contributed by atoms with Crippen molar-refractivity contribution < 1.29 is 27.4 Å². The Labute approximate surface area is 157 Å². The highest BCUT2D eigenvalue weighted by molar-refractivity contribution is 5.39. The van der Waals surface area contributed by atoms with E-state index in [1.54, 1.807) is 12.3 Å². The molecule has 0 radical (unpaired) electrons. The molecule has 3 aromatic rings. The minimum Gasteiger partial charge on any atom is -0.457 e. The van der Waals surface area contributed by atoms with E-state index >= 15 is 0 Å². The third kappa shape index (κ3) is 5.16. The summed E-state index contributed by atoms with van der Waals surface area (Å²) in [6, 6.07) is 5.32. The molecule has 0 fully saturated rings. The van der Waals surface area contributed by atoms with E-state index in [1.165, 1.54) is 16.9 Å². The highest BCUT2D eigenvalue weighted by Crippen LogP contribution is 2.22. The molecule has 28 heavy (non-hydrogen) atoms. The number of benzene rings is 1. The second-order valence-electron chi connectivity index (χ2n) is 5.40. The molecular weight excluding hydrogens is 379 g/mol. The van der Waals surface area contributed by atoms with E-state index in [2.05, 4.69) is 25.0 Å². The van der Waals surface area contributed by atoms with Crippen LogP contribution in [-0.2, 0) is 18.0 Å². The fraction of sp³-hybridized carbons (Fsp3) is 0.294. The minimum atomic E-state index is -3.14. The molecule has 2 aromatic heterocycles. The zero-order valence-electron chi connectivity index (χ0n) is 14.8. The fourth-order valence-electron chi connectivity index (χ4n) is 2.18. The Morgan fingerprint density at radius 1 is 1.14 bits per heavy atom. The van der Waals surface area contributed by atoms with Crippen LogP contribution in [0.5, 0.6) is 11.8 Å². The lowest BCUT2D eigenvalue weighted by Gasteiger charge is -2.07. The molecule has 0 saturated heterocycles. The number of hydrogen-bond donors (Lipinski definition) is 0. The first-order chi connectivity index (χ1) is 13.5. The summed E-state index contributed by atoms with van der Waals surface area (Å²) in [5, 5.41) is 7.78. The largest absolute Gasteiger partial charge is 0.457 e. The van der Waals surface area contributed by atoms with Gasteiger partial charge in [-0.2, -0.15) is 13.8 Å². The number of aromatic nitrogens is 5. The Morgan fingerprint density at radius 2 is 2.00 bits per heavy atom. The summed E-state index contributed by atoms with van der Waals surface area (Å²) in [6.07, 6.45) is 3.06. The van der Waals surface area contributed by atoms with Gasteiger partial charge in [-0.25, -0.2) is 14.1 Å². The molecule has 0 bridgehead atoms. The van der Waals surface area contributed by atoms with E-state index in [0.717, 1.165) is 12.1 Å². The van der Waals surface area contributed by atoms with E-state index in [1.807, 2.05) is 6.92 Å². The molecule has 0 spiro atoms. The van der Waals surface area contributed by atoms with E-state index in [9.17, 15) is 13.2 Å². The Kier molecular flexibility index (Phi) is 6.37. The van der Waals surface area contributed by atoms with Crippen molar-refractivity contribution in [1.29, 1.82) is 0 Å². The zero-order valence-corrected chi connectivity index (χ0v) is 14.8. The molecule has 148 valence electrons. The van der Waals surface area contributed by atoms with Crippen LogP contribution in [0, 0.1) is 5.82 Å². The fourth-order valence-corrected chi connectivity index (χ4v) is 2.18. The van der Waals surface area contributed by atoms with Gasteiger partial charge in [0.1, 0.15) is 12.3 Å². The smallest absolute Gasteiger partial charge is 0.387 e. The molecule has 0 saturated carbocycles. The van der Waals surface area contributed by atoms with Crippen LogP contribution in [0.2, 0.25) is 0 Å². The number of alkyl halides is 2. The average Bonchev–Trinajstić information content (AvgIpc) is 3.15. The SMILES string of the molecule is CCOCc1ccnc(OCc2cn(-c3ccc(F)c(OC(F)F)c3)nn2)n1. The predicted octanol–water partition coefficient (Wildman–Crippen LogP) is 2.91. The summed E-state index contributed by atoms with van der Waals surface area (Å²) >= 11 is 0. The van der Waals surface area contributed by atoms with Crippen LogP contribution in [0.3, 0.4) is 0 Å². The molecule has 11 heteroatoms. The third-order valence-electron chi connectivity index (χ3n) is 3.43. The number of ether oxygens (including phenoxy) is 3. The van der Waals surface area contributed by atoms with Gasteiger partial charge in [0.2, 0.25) is 0 Å². The Balaban J connectivity index is 1.66. The normalized spacial score (nSPS) is 11.0. The van der Waals surface area contributed by atoms with Crippen LogP contribution in [0.25, 0.3) is 5.69 Å². The van der Waals surface area contributed by atoms with Crippen molar-refractivity contribution in [2.75, 3.05) is 6.61 Å². The number of halogens is 3. The van der Waals surface area contributed by atoms with Crippen molar-refractivity contribution in [2.45, 2.75) is 26.7 Å². The summed E-state index contributed by atoms with van der Waals surface area (Å²) in [6.45, 7) is -0.316. The predicted molar refractivity (Wildman–Crippen MR) is 89.6 cm³/mol. The van der Waals surface area contributed by atoms with Gasteiger partial charge in [0, 0.05) is 18.9 Å². The second-order valence-corrected chi connectivity index (χ2v) is 5.40. The maximum atomic E-state index is 13.5. The molecule has 0 atom stereocenters. The topological polar surface area (TPSA) is 84.2 Å². The molecule has 0 aliphatic rings. The molecule has 8 nitrogen and oxygen atoms in total. The number of hydrogen-bond acceptors (Lipinski definition) is 7. The van der Waals surface area contributed by atoms with Crippen molar-refractivity contribution in [1.82, 2.24) is 25.0 Å². The summed E-state index contributed by atoms with van der Waals surface area (Å²) in [5.74, 6) is -1.49. The highest BCUT2D eigenvalue weighted by Gasteiger charge is 2.13. The molecule has 0 N–H and O–H groups in total. The molecule has 3 rings (SSSR count). The Bertz CT molecular complexity index is 923. The second kappa shape index (κ2) is 9.13. The molecular formula is C17H16F3N5O3. The molecule has 0 aliphatic heterocycles. The van der Waals surface area contributed by atoms with Gasteiger partial charge in [-0.3, -0.25) is 0 Å². The Morgan fingerprint density at radius 3 is 2.79 bits per heavy atom. The lowest BCUT2D eigenvalue weighted by atomic mass is 10.3. The van der Waals surface area contributed by atoms with Gasteiger partial charge in [-0.05, 0) is 25.1 Å². The third-order valence-corrected chi connectivity index (χ3v) is 3.43. The van der Waals surface area contributed by atoms with E-state index in [0.29, 0.717) is 30.3 Å². The van der Waals surface area contributed by atoms with Crippen LogP contribution >= 0.6 is 0 Å². The van der Waals surface area contributed by atoms with Crippen LogP contribution < -0.4 is 9.47 Å². The standard InChI is InChI=1S/C17H16F3N5O3/c1-2-26-9-11-5-6-21-17(22-11)27-10-12-8-25(24-23-12)13-3-4-14(18)15(7-13)28-16(19)20/h3-8,16H,2,9-10H2,1H3. The molecule has 1 aromatic carbocycles. The Hall–Kier alpha value is -3.21. The van der Waals surface area contributed by atoms with Gasteiger partial charge in [0.25, 0.3) is 0 Å². The van der Waals surface area contributed by atoms with Gasteiger partial charge >= 0.3 is 12.6 Å². The van der Waals surface area contributed by atoms with Crippen LogP contribution in [0.1, 0.15) is 18.3 Å². The van der Waals surface area contributed by atoms with E-state index in [4.69, 9.17) is 9.47 Å². The minimum absolute atomic E-state index is 0.0275. The van der Waals surface area contributed by atoms with Gasteiger partial charge < -0.3 is 14.2 Å². The zero-order chi connectivity index (χ0) is 19.9. The summed E-state index contributed by atoms with van der Waals surface area (Å²) in [7, 11) is 0. The molecule has 0 unspecified atom stereocenters. The summed E-state index contributed by atoms with van der Waals surface area (Å²) in [5.41, 5.74) is 1.40. The van der Waals surface area contributed by atoms with Crippen LogP contribution in [0.4, 0.5) is 13.2 Å². The van der Waals surface area contributed by atoms with Crippen molar-refractivity contribution in [3.05, 3.63) is 53.9 Å². The van der Waals surface area contributed by atoms with E-state index < -0.39 is 18.2 Å². The number of rotatable bonds is 9. The molecule has 2 heterocycles.